The van der Waals surface area contributed by atoms with Gasteiger partial charge in [0.05, 0.1) is 28.8 Å². The van der Waals surface area contributed by atoms with Crippen molar-refractivity contribution in [1.29, 1.82) is 0 Å². The van der Waals surface area contributed by atoms with Crippen molar-refractivity contribution in [1.82, 2.24) is 9.78 Å². The van der Waals surface area contributed by atoms with Gasteiger partial charge in [-0.1, -0.05) is 12.1 Å². The molecule has 0 saturated carbocycles. The van der Waals surface area contributed by atoms with Crippen LogP contribution in [0.2, 0.25) is 0 Å². The fourth-order valence-corrected chi connectivity index (χ4v) is 2.38. The zero-order chi connectivity index (χ0) is 17.1. The highest BCUT2D eigenvalue weighted by molar-refractivity contribution is 5.88. The molecule has 0 aliphatic carbocycles. The molecule has 0 saturated heterocycles. The van der Waals surface area contributed by atoms with Gasteiger partial charge in [0.2, 0.25) is 0 Å². The van der Waals surface area contributed by atoms with Gasteiger partial charge in [-0.05, 0) is 30.3 Å². The molecule has 2 aromatic carbocycles. The molecule has 0 fully saturated rings. The normalized spacial score (nSPS) is 10.4. The van der Waals surface area contributed by atoms with Gasteiger partial charge in [0.25, 0.3) is 5.69 Å². The Balaban J connectivity index is 2.12. The number of hydrogen-bond acceptors (Lipinski definition) is 5. The van der Waals surface area contributed by atoms with E-state index in [1.54, 1.807) is 55.8 Å². The van der Waals surface area contributed by atoms with E-state index < -0.39 is 4.92 Å². The minimum absolute atomic E-state index is 0.0967. The monoisotopic (exact) mass is 323 g/mol. The van der Waals surface area contributed by atoms with Gasteiger partial charge in [0, 0.05) is 12.3 Å². The fourth-order valence-electron chi connectivity index (χ4n) is 2.38. The quantitative estimate of drug-likeness (QED) is 0.408. The Morgan fingerprint density at radius 2 is 1.88 bits per heavy atom. The number of methoxy groups -OCH3 is 1. The number of aromatic nitrogens is 2. The van der Waals surface area contributed by atoms with Crippen molar-refractivity contribution < 1.29 is 14.5 Å². The van der Waals surface area contributed by atoms with Crippen LogP contribution < -0.4 is 4.74 Å². The highest BCUT2D eigenvalue weighted by Gasteiger charge is 2.20. The minimum atomic E-state index is -0.490. The second kappa shape index (κ2) is 6.33. The third kappa shape index (κ3) is 2.74. The molecule has 1 aromatic heterocycles. The summed E-state index contributed by atoms with van der Waals surface area (Å²) in [4.78, 5) is 22.1. The van der Waals surface area contributed by atoms with E-state index in [0.717, 1.165) is 0 Å². The summed E-state index contributed by atoms with van der Waals surface area (Å²) in [5.41, 5.74) is 1.47. The molecule has 0 bridgehead atoms. The minimum Gasteiger partial charge on any atom is -0.497 e. The van der Waals surface area contributed by atoms with Crippen LogP contribution in [-0.2, 0) is 0 Å². The SMILES string of the molecule is COc1ccc(-n2cc(C=O)c(-c3ccccc3[N+](=O)[O-])n2)cc1. The van der Waals surface area contributed by atoms with E-state index in [-0.39, 0.29) is 16.9 Å². The van der Waals surface area contributed by atoms with Gasteiger partial charge >= 0.3 is 0 Å². The Hall–Kier alpha value is -3.48. The molecule has 0 spiro atoms. The predicted molar refractivity (Wildman–Crippen MR) is 87.6 cm³/mol. The van der Waals surface area contributed by atoms with Crippen molar-refractivity contribution in [3.63, 3.8) is 0 Å². The molecule has 120 valence electrons. The number of ether oxygens (including phenoxy) is 1. The second-order valence-corrected chi connectivity index (χ2v) is 4.97. The number of para-hydroxylation sites is 1. The smallest absolute Gasteiger partial charge is 0.278 e. The third-order valence-corrected chi connectivity index (χ3v) is 3.56. The maximum Gasteiger partial charge on any atom is 0.278 e. The van der Waals surface area contributed by atoms with E-state index in [0.29, 0.717) is 23.3 Å². The number of benzene rings is 2. The summed E-state index contributed by atoms with van der Waals surface area (Å²) in [5.74, 6) is 0.695. The van der Waals surface area contributed by atoms with E-state index in [2.05, 4.69) is 5.10 Å². The van der Waals surface area contributed by atoms with Crippen LogP contribution in [0, 0.1) is 10.1 Å². The highest BCUT2D eigenvalue weighted by Crippen LogP contribution is 2.31. The van der Waals surface area contributed by atoms with Gasteiger partial charge in [-0.2, -0.15) is 5.10 Å². The van der Waals surface area contributed by atoms with Gasteiger partial charge in [-0.25, -0.2) is 4.68 Å². The summed E-state index contributed by atoms with van der Waals surface area (Å²) in [6, 6.07) is 13.3. The first-order valence-corrected chi connectivity index (χ1v) is 7.07. The number of hydrogen-bond donors (Lipinski definition) is 0. The van der Waals surface area contributed by atoms with E-state index in [4.69, 9.17) is 4.74 Å². The summed E-state index contributed by atoms with van der Waals surface area (Å²) in [5, 5.41) is 15.6. The molecular weight excluding hydrogens is 310 g/mol. The van der Waals surface area contributed by atoms with Crippen LogP contribution in [-0.4, -0.2) is 28.1 Å². The maximum absolute atomic E-state index is 11.4. The van der Waals surface area contributed by atoms with Gasteiger partial charge in [-0.15, -0.1) is 0 Å². The Morgan fingerprint density at radius 3 is 2.50 bits per heavy atom. The second-order valence-electron chi connectivity index (χ2n) is 4.97. The highest BCUT2D eigenvalue weighted by atomic mass is 16.6. The third-order valence-electron chi connectivity index (χ3n) is 3.56. The van der Waals surface area contributed by atoms with Gasteiger partial charge in [0.1, 0.15) is 11.4 Å². The number of carbonyl (C=O) groups excluding carboxylic acids is 1. The molecule has 1 heterocycles. The largest absolute Gasteiger partial charge is 0.497 e. The summed E-state index contributed by atoms with van der Waals surface area (Å²) < 4.78 is 6.61. The van der Waals surface area contributed by atoms with E-state index in [9.17, 15) is 14.9 Å². The molecule has 0 N–H and O–H groups in total. The summed E-state index contributed by atoms with van der Waals surface area (Å²) in [7, 11) is 1.57. The summed E-state index contributed by atoms with van der Waals surface area (Å²) in [6.45, 7) is 0. The van der Waals surface area contributed by atoms with Crippen LogP contribution in [0.5, 0.6) is 5.75 Å². The van der Waals surface area contributed by atoms with E-state index in [1.807, 2.05) is 0 Å². The first-order chi connectivity index (χ1) is 11.6. The molecule has 0 amide bonds. The maximum atomic E-state index is 11.4. The van der Waals surface area contributed by atoms with E-state index in [1.165, 1.54) is 10.7 Å². The number of aldehydes is 1. The van der Waals surface area contributed by atoms with Crippen LogP contribution in [0.25, 0.3) is 16.9 Å². The zero-order valence-corrected chi connectivity index (χ0v) is 12.7. The molecule has 0 radical (unpaired) electrons. The van der Waals surface area contributed by atoms with Gasteiger partial charge < -0.3 is 4.74 Å². The topological polar surface area (TPSA) is 87.3 Å². The van der Waals surface area contributed by atoms with Crippen molar-refractivity contribution in [2.24, 2.45) is 0 Å². The molecule has 0 unspecified atom stereocenters. The van der Waals surface area contributed by atoms with E-state index >= 15 is 0 Å². The number of nitro benzene ring substituents is 1. The molecule has 3 aromatic rings. The van der Waals surface area contributed by atoms with Crippen LogP contribution >= 0.6 is 0 Å². The Morgan fingerprint density at radius 1 is 1.17 bits per heavy atom. The number of rotatable bonds is 5. The lowest BCUT2D eigenvalue weighted by molar-refractivity contribution is -0.384. The lowest BCUT2D eigenvalue weighted by atomic mass is 10.1. The zero-order valence-electron chi connectivity index (χ0n) is 12.7. The van der Waals surface area contributed by atoms with Crippen molar-refractivity contribution >= 4 is 12.0 Å². The Kier molecular flexibility index (Phi) is 4.07. The number of nitro groups is 1. The van der Waals surface area contributed by atoms with Crippen molar-refractivity contribution in [2.75, 3.05) is 7.11 Å². The average molecular weight is 323 g/mol. The van der Waals surface area contributed by atoms with Gasteiger partial charge in [-0.3, -0.25) is 14.9 Å². The first kappa shape index (κ1) is 15.4. The van der Waals surface area contributed by atoms with Crippen LogP contribution in [0.15, 0.2) is 54.7 Å². The molecule has 0 atom stereocenters. The van der Waals surface area contributed by atoms with Crippen molar-refractivity contribution in [2.45, 2.75) is 0 Å². The predicted octanol–water partition coefficient (Wildman–Crippen LogP) is 3.27. The first-order valence-electron chi connectivity index (χ1n) is 7.07. The molecule has 7 nitrogen and oxygen atoms in total. The average Bonchev–Trinajstić information content (AvgIpc) is 3.06. The van der Waals surface area contributed by atoms with Crippen LogP contribution in [0.3, 0.4) is 0 Å². The summed E-state index contributed by atoms with van der Waals surface area (Å²) in [6.07, 6.45) is 2.18. The molecule has 7 heteroatoms. The number of nitrogens with zero attached hydrogens (tertiary/aromatic N) is 3. The lowest BCUT2D eigenvalue weighted by Gasteiger charge is -2.03. The lowest BCUT2D eigenvalue weighted by Crippen LogP contribution is -1.96. The van der Waals surface area contributed by atoms with Crippen LogP contribution in [0.4, 0.5) is 5.69 Å². The van der Waals surface area contributed by atoms with Gasteiger partial charge in [0.15, 0.2) is 6.29 Å². The molecule has 0 aliphatic heterocycles. The van der Waals surface area contributed by atoms with Crippen LogP contribution in [0.1, 0.15) is 10.4 Å². The van der Waals surface area contributed by atoms with Crippen molar-refractivity contribution in [3.8, 4) is 22.7 Å². The number of carbonyl (C=O) groups is 1. The van der Waals surface area contributed by atoms with Crippen molar-refractivity contribution in [3.05, 3.63) is 70.4 Å². The Bertz CT molecular complexity index is 900. The fraction of sp³-hybridized carbons (Fsp3) is 0.0588. The molecular formula is C17H13N3O4. The summed E-state index contributed by atoms with van der Waals surface area (Å²) >= 11 is 0. The molecule has 24 heavy (non-hydrogen) atoms. The Labute approximate surface area is 137 Å². The standard InChI is InChI=1S/C17H13N3O4/c1-24-14-8-6-13(7-9-14)19-10-12(11-21)17(18-19)15-4-2-3-5-16(15)20(22)23/h2-11H,1H3. The molecule has 0 aliphatic rings. The molecule has 3 rings (SSSR count).